The lowest BCUT2D eigenvalue weighted by Crippen LogP contribution is -2.31. The molecular weight excluding hydrogens is 386 g/mol. The fourth-order valence-corrected chi connectivity index (χ4v) is 3.74. The minimum atomic E-state index is -0.152. The van der Waals surface area contributed by atoms with Crippen molar-refractivity contribution in [3.8, 4) is 40.6 Å². The largest absolute Gasteiger partial charge is 0.493 e. The Balaban J connectivity index is 1.57. The Hall–Kier alpha value is -3.37. The van der Waals surface area contributed by atoms with Crippen LogP contribution in [-0.4, -0.2) is 52.4 Å². The van der Waals surface area contributed by atoms with E-state index >= 15 is 0 Å². The second kappa shape index (κ2) is 8.56. The number of hydrogen-bond acceptors (Lipinski definition) is 7. The van der Waals surface area contributed by atoms with E-state index in [1.165, 1.54) is 7.11 Å². The Morgan fingerprint density at radius 1 is 1.20 bits per heavy atom. The lowest BCUT2D eigenvalue weighted by atomic mass is 9.91. The average molecular weight is 409 g/mol. The van der Waals surface area contributed by atoms with Crippen molar-refractivity contribution >= 4 is 6.29 Å². The zero-order valence-electron chi connectivity index (χ0n) is 17.2. The Bertz CT molecular complexity index is 1020. The van der Waals surface area contributed by atoms with Crippen LogP contribution in [0.3, 0.4) is 0 Å². The maximum atomic E-state index is 10.9. The first kappa shape index (κ1) is 19.9. The van der Waals surface area contributed by atoms with E-state index in [1.807, 2.05) is 13.1 Å². The molecule has 0 radical (unpaired) electrons. The molecule has 0 fully saturated rings. The fraction of sp³-hybridized carbons (Fsp3) is 0.348. The molecule has 7 nitrogen and oxygen atoms in total. The smallest absolute Gasteiger partial charge is 0.231 e. The number of ether oxygens (including phenoxy) is 5. The van der Waals surface area contributed by atoms with Crippen LogP contribution in [0.25, 0.3) is 0 Å². The molecule has 30 heavy (non-hydrogen) atoms. The van der Waals surface area contributed by atoms with Crippen molar-refractivity contribution in [2.24, 2.45) is 0 Å². The number of likely N-dealkylation sites (N-methyl/N-ethyl adjacent to an activating group) is 1. The van der Waals surface area contributed by atoms with Gasteiger partial charge in [-0.25, -0.2) is 0 Å². The molecule has 7 heteroatoms. The molecule has 2 aromatic carbocycles. The molecule has 0 saturated heterocycles. The van der Waals surface area contributed by atoms with Crippen LogP contribution in [0.1, 0.15) is 27.5 Å². The molecule has 0 amide bonds. The van der Waals surface area contributed by atoms with Gasteiger partial charge >= 0.3 is 0 Å². The van der Waals surface area contributed by atoms with Crippen LogP contribution in [0, 0.1) is 11.8 Å². The quantitative estimate of drug-likeness (QED) is 0.556. The van der Waals surface area contributed by atoms with Gasteiger partial charge in [-0.2, -0.15) is 0 Å². The van der Waals surface area contributed by atoms with Gasteiger partial charge in [-0.05, 0) is 43.3 Å². The summed E-state index contributed by atoms with van der Waals surface area (Å²) in [5.74, 6) is 9.47. The third kappa shape index (κ3) is 3.62. The summed E-state index contributed by atoms with van der Waals surface area (Å²) < 4.78 is 27.9. The Morgan fingerprint density at radius 2 is 2.07 bits per heavy atom. The summed E-state index contributed by atoms with van der Waals surface area (Å²) >= 11 is 0. The minimum Gasteiger partial charge on any atom is -0.493 e. The highest BCUT2D eigenvalue weighted by molar-refractivity contribution is 5.76. The van der Waals surface area contributed by atoms with Gasteiger partial charge in [0.25, 0.3) is 0 Å². The first-order valence-corrected chi connectivity index (χ1v) is 9.60. The molecule has 0 aliphatic carbocycles. The lowest BCUT2D eigenvalue weighted by Gasteiger charge is -2.32. The number of aldehydes is 1. The van der Waals surface area contributed by atoms with Gasteiger partial charge in [-0.3, -0.25) is 9.69 Å². The van der Waals surface area contributed by atoms with Crippen molar-refractivity contribution in [1.29, 1.82) is 0 Å². The number of benzene rings is 2. The minimum absolute atomic E-state index is 0.152. The molecule has 0 spiro atoms. The van der Waals surface area contributed by atoms with E-state index in [0.29, 0.717) is 28.6 Å². The van der Waals surface area contributed by atoms with Crippen molar-refractivity contribution in [1.82, 2.24) is 4.90 Å². The number of rotatable bonds is 5. The van der Waals surface area contributed by atoms with Gasteiger partial charge in [0, 0.05) is 17.7 Å². The van der Waals surface area contributed by atoms with Crippen molar-refractivity contribution in [3.05, 3.63) is 41.0 Å². The average Bonchev–Trinajstić information content (AvgIpc) is 3.24. The van der Waals surface area contributed by atoms with Gasteiger partial charge in [-0.1, -0.05) is 11.8 Å². The summed E-state index contributed by atoms with van der Waals surface area (Å²) in [7, 11) is 5.20. The molecule has 0 saturated carbocycles. The van der Waals surface area contributed by atoms with E-state index in [0.717, 1.165) is 36.1 Å². The highest BCUT2D eigenvalue weighted by Crippen LogP contribution is 2.49. The number of fused-ring (bicyclic) bond motifs is 2. The van der Waals surface area contributed by atoms with Gasteiger partial charge in [0.15, 0.2) is 23.0 Å². The summed E-state index contributed by atoms with van der Waals surface area (Å²) in [5.41, 5.74) is 2.69. The molecule has 2 aromatic rings. The fourth-order valence-electron chi connectivity index (χ4n) is 3.74. The number of hydrogen-bond donors (Lipinski definition) is 0. The summed E-state index contributed by atoms with van der Waals surface area (Å²) in [4.78, 5) is 13.1. The Morgan fingerprint density at radius 3 is 2.83 bits per heavy atom. The summed E-state index contributed by atoms with van der Waals surface area (Å²) in [5, 5.41) is 0. The molecule has 0 bridgehead atoms. The lowest BCUT2D eigenvalue weighted by molar-refractivity contribution is 0.112. The van der Waals surface area contributed by atoms with Gasteiger partial charge in [0.2, 0.25) is 12.5 Å². The van der Waals surface area contributed by atoms with Gasteiger partial charge in [0.1, 0.15) is 18.9 Å². The molecule has 2 heterocycles. The highest BCUT2D eigenvalue weighted by Gasteiger charge is 2.33. The van der Waals surface area contributed by atoms with Crippen molar-refractivity contribution in [3.63, 3.8) is 0 Å². The second-order valence-corrected chi connectivity index (χ2v) is 6.99. The number of methoxy groups -OCH3 is 2. The molecule has 2 aliphatic rings. The molecule has 0 N–H and O–H groups in total. The zero-order valence-corrected chi connectivity index (χ0v) is 17.2. The number of carbonyl (C=O) groups is 1. The van der Waals surface area contributed by atoms with E-state index in [-0.39, 0.29) is 19.4 Å². The molecule has 156 valence electrons. The Labute approximate surface area is 175 Å². The van der Waals surface area contributed by atoms with Gasteiger partial charge < -0.3 is 23.7 Å². The predicted molar refractivity (Wildman–Crippen MR) is 110 cm³/mol. The maximum absolute atomic E-state index is 10.9. The molecule has 1 atom stereocenters. The van der Waals surface area contributed by atoms with Gasteiger partial charge in [0.05, 0.1) is 14.2 Å². The molecule has 2 aliphatic heterocycles. The van der Waals surface area contributed by atoms with Crippen LogP contribution in [0.5, 0.6) is 28.7 Å². The Kier molecular flexibility index (Phi) is 5.68. The normalized spacial score (nSPS) is 16.8. The van der Waals surface area contributed by atoms with Crippen LogP contribution in [-0.2, 0) is 6.42 Å². The van der Waals surface area contributed by atoms with Crippen LogP contribution in [0.15, 0.2) is 24.3 Å². The monoisotopic (exact) mass is 409 g/mol. The van der Waals surface area contributed by atoms with Crippen LogP contribution in [0.4, 0.5) is 0 Å². The highest BCUT2D eigenvalue weighted by atomic mass is 16.7. The molecular formula is C23H23NO6. The van der Waals surface area contributed by atoms with Crippen LogP contribution >= 0.6 is 0 Å². The predicted octanol–water partition coefficient (Wildman–Crippen LogP) is 2.86. The number of carbonyl (C=O) groups excluding carboxylic acids is 1. The topological polar surface area (TPSA) is 66.5 Å². The van der Waals surface area contributed by atoms with E-state index in [4.69, 9.17) is 23.7 Å². The van der Waals surface area contributed by atoms with Gasteiger partial charge in [-0.15, -0.1) is 0 Å². The SMILES string of the molecule is COc1cc(C=O)ccc1OCC#C[C@H]1c2c(cc3c(c2OC)OCO3)CCN1C. The molecule has 0 unspecified atom stereocenters. The van der Waals surface area contributed by atoms with E-state index in [1.54, 1.807) is 25.3 Å². The number of nitrogens with zero attached hydrogens (tertiary/aromatic N) is 1. The standard InChI is InChI=1S/C23H23NO6/c1-24-9-8-16-12-20-22(30-14-29-20)23(27-3)21(16)17(24)5-4-10-28-18-7-6-15(13-25)11-19(18)26-2/h6-7,11-13,17H,8-10,14H2,1-3H3/t17-/m0/s1. The third-order valence-corrected chi connectivity index (χ3v) is 5.26. The summed E-state index contributed by atoms with van der Waals surface area (Å²) in [6, 6.07) is 6.89. The molecule has 0 aromatic heterocycles. The van der Waals surface area contributed by atoms with E-state index in [9.17, 15) is 4.79 Å². The van der Waals surface area contributed by atoms with Crippen molar-refractivity contribution < 1.29 is 28.5 Å². The van der Waals surface area contributed by atoms with Crippen molar-refractivity contribution in [2.75, 3.05) is 41.2 Å². The summed E-state index contributed by atoms with van der Waals surface area (Å²) in [6.45, 7) is 1.25. The summed E-state index contributed by atoms with van der Waals surface area (Å²) in [6.07, 6.45) is 1.65. The maximum Gasteiger partial charge on any atom is 0.231 e. The van der Waals surface area contributed by atoms with Crippen LogP contribution in [0.2, 0.25) is 0 Å². The van der Waals surface area contributed by atoms with E-state index in [2.05, 4.69) is 16.7 Å². The van der Waals surface area contributed by atoms with Crippen LogP contribution < -0.4 is 23.7 Å². The first-order chi connectivity index (χ1) is 14.7. The second-order valence-electron chi connectivity index (χ2n) is 6.99. The zero-order chi connectivity index (χ0) is 21.1. The van der Waals surface area contributed by atoms with E-state index < -0.39 is 0 Å². The first-order valence-electron chi connectivity index (χ1n) is 9.60. The molecule has 4 rings (SSSR count). The van der Waals surface area contributed by atoms with Crippen molar-refractivity contribution in [2.45, 2.75) is 12.5 Å². The third-order valence-electron chi connectivity index (χ3n) is 5.26.